The van der Waals surface area contributed by atoms with Crippen molar-refractivity contribution >= 4 is 12.2 Å². The highest BCUT2D eigenvalue weighted by Gasteiger charge is 1.95. The third-order valence-electron chi connectivity index (χ3n) is 1.75. The van der Waals surface area contributed by atoms with Crippen molar-refractivity contribution in [3.63, 3.8) is 0 Å². The van der Waals surface area contributed by atoms with E-state index in [9.17, 15) is 4.79 Å². The minimum absolute atomic E-state index is 0.556. The molecule has 2 amide bonds. The van der Waals surface area contributed by atoms with Gasteiger partial charge in [0, 0.05) is 18.2 Å². The summed E-state index contributed by atoms with van der Waals surface area (Å²) >= 11 is 0. The molecule has 0 heterocycles. The van der Waals surface area contributed by atoms with Crippen LogP contribution in [0.3, 0.4) is 0 Å². The monoisotopic (exact) mass is 201 g/mol. The van der Waals surface area contributed by atoms with Gasteiger partial charge in [-0.1, -0.05) is 24.1 Å². The van der Waals surface area contributed by atoms with Gasteiger partial charge in [0.25, 0.3) is 0 Å². The number of terminal acetylenes is 1. The van der Waals surface area contributed by atoms with Gasteiger partial charge in [0.15, 0.2) is 0 Å². The Morgan fingerprint density at radius 1 is 1.60 bits per heavy atom. The van der Waals surface area contributed by atoms with E-state index in [0.29, 0.717) is 6.42 Å². The number of hydrazone groups is 1. The van der Waals surface area contributed by atoms with Gasteiger partial charge in [-0.25, -0.2) is 10.2 Å². The first-order valence-electron chi connectivity index (χ1n) is 4.35. The van der Waals surface area contributed by atoms with Crippen molar-refractivity contribution in [2.45, 2.75) is 6.42 Å². The van der Waals surface area contributed by atoms with Crippen molar-refractivity contribution in [2.75, 3.05) is 0 Å². The van der Waals surface area contributed by atoms with Gasteiger partial charge < -0.3 is 5.73 Å². The Morgan fingerprint density at radius 3 is 3.00 bits per heavy atom. The van der Waals surface area contributed by atoms with Gasteiger partial charge in [-0.15, -0.1) is 6.42 Å². The molecule has 0 fully saturated rings. The van der Waals surface area contributed by atoms with E-state index in [2.05, 4.69) is 16.4 Å². The fraction of sp³-hybridized carbons (Fsp3) is 0.0909. The summed E-state index contributed by atoms with van der Waals surface area (Å²) in [6.07, 6.45) is 7.42. The minimum Gasteiger partial charge on any atom is -0.350 e. The number of rotatable bonds is 3. The molecule has 0 aromatic heterocycles. The van der Waals surface area contributed by atoms with Crippen molar-refractivity contribution in [3.05, 3.63) is 35.4 Å². The predicted octanol–water partition coefficient (Wildman–Crippen LogP) is 0.865. The molecule has 0 bridgehead atoms. The first-order chi connectivity index (χ1) is 7.24. The summed E-state index contributed by atoms with van der Waals surface area (Å²) in [5.41, 5.74) is 8.75. The molecule has 3 N–H and O–H groups in total. The molecule has 1 aromatic rings. The van der Waals surface area contributed by atoms with Crippen LogP contribution in [0, 0.1) is 12.3 Å². The van der Waals surface area contributed by atoms with E-state index in [-0.39, 0.29) is 0 Å². The molecule has 0 saturated carbocycles. The number of nitrogens with zero attached hydrogens (tertiary/aromatic N) is 1. The number of primary amides is 1. The lowest BCUT2D eigenvalue weighted by molar-refractivity contribution is 0.249. The standard InChI is InChI=1S/C11H11N3O/c1-2-9-5-3-4-6-10(9)7-8-13-14-11(12)15/h1,3-6,8H,7H2,(H3,12,14,15)/b13-8+. The lowest BCUT2D eigenvalue weighted by Gasteiger charge is -1.99. The molecule has 0 saturated heterocycles. The molecule has 15 heavy (non-hydrogen) atoms. The van der Waals surface area contributed by atoms with Crippen LogP contribution in [-0.4, -0.2) is 12.2 Å². The molecule has 4 nitrogen and oxygen atoms in total. The van der Waals surface area contributed by atoms with Crippen molar-refractivity contribution in [2.24, 2.45) is 10.8 Å². The van der Waals surface area contributed by atoms with Gasteiger partial charge in [0.1, 0.15) is 0 Å². The average Bonchev–Trinajstić information content (AvgIpc) is 2.24. The van der Waals surface area contributed by atoms with Crippen LogP contribution in [0.1, 0.15) is 11.1 Å². The normalized spacial score (nSPS) is 9.80. The van der Waals surface area contributed by atoms with E-state index in [4.69, 9.17) is 12.2 Å². The van der Waals surface area contributed by atoms with Crippen LogP contribution in [0.2, 0.25) is 0 Å². The van der Waals surface area contributed by atoms with E-state index in [1.807, 2.05) is 24.3 Å². The summed E-state index contributed by atoms with van der Waals surface area (Å²) in [7, 11) is 0. The zero-order chi connectivity index (χ0) is 11.1. The fourth-order valence-electron chi connectivity index (χ4n) is 1.09. The van der Waals surface area contributed by atoms with Crippen LogP contribution >= 0.6 is 0 Å². The number of hydrogen-bond donors (Lipinski definition) is 2. The highest BCUT2D eigenvalue weighted by atomic mass is 16.2. The molecule has 0 aliphatic carbocycles. The van der Waals surface area contributed by atoms with E-state index in [1.165, 1.54) is 0 Å². The topological polar surface area (TPSA) is 67.5 Å². The highest BCUT2D eigenvalue weighted by Crippen LogP contribution is 2.06. The van der Waals surface area contributed by atoms with Crippen LogP contribution < -0.4 is 11.2 Å². The third kappa shape index (κ3) is 3.53. The smallest absolute Gasteiger partial charge is 0.332 e. The summed E-state index contributed by atoms with van der Waals surface area (Å²) in [6, 6.07) is 6.84. The Morgan fingerprint density at radius 2 is 2.33 bits per heavy atom. The van der Waals surface area contributed by atoms with Gasteiger partial charge in [-0.3, -0.25) is 0 Å². The number of benzene rings is 1. The Hall–Kier alpha value is -2.28. The second-order valence-corrected chi connectivity index (χ2v) is 2.79. The zero-order valence-corrected chi connectivity index (χ0v) is 8.10. The van der Waals surface area contributed by atoms with Crippen LogP contribution in [0.25, 0.3) is 0 Å². The molecular formula is C11H11N3O. The minimum atomic E-state index is -0.684. The fourth-order valence-corrected chi connectivity index (χ4v) is 1.09. The van der Waals surface area contributed by atoms with Gasteiger partial charge in [0.2, 0.25) is 0 Å². The molecule has 0 unspecified atom stereocenters. The van der Waals surface area contributed by atoms with E-state index in [0.717, 1.165) is 11.1 Å². The Balaban J connectivity index is 2.62. The molecule has 0 radical (unpaired) electrons. The maximum absolute atomic E-state index is 10.3. The molecule has 0 aliphatic heterocycles. The summed E-state index contributed by atoms with van der Waals surface area (Å²) in [5, 5.41) is 3.62. The quantitative estimate of drug-likeness (QED) is 0.425. The van der Waals surface area contributed by atoms with Crippen LogP contribution in [0.5, 0.6) is 0 Å². The van der Waals surface area contributed by atoms with Crippen molar-refractivity contribution in [1.29, 1.82) is 0 Å². The summed E-state index contributed by atoms with van der Waals surface area (Å²) in [4.78, 5) is 10.3. The van der Waals surface area contributed by atoms with Crippen LogP contribution in [0.4, 0.5) is 4.79 Å². The molecule has 0 atom stereocenters. The molecule has 0 spiro atoms. The van der Waals surface area contributed by atoms with Crippen molar-refractivity contribution in [1.82, 2.24) is 5.43 Å². The highest BCUT2D eigenvalue weighted by molar-refractivity contribution is 5.73. The van der Waals surface area contributed by atoms with E-state index < -0.39 is 6.03 Å². The zero-order valence-electron chi connectivity index (χ0n) is 8.10. The van der Waals surface area contributed by atoms with Gasteiger partial charge in [-0.2, -0.15) is 5.10 Å². The van der Waals surface area contributed by atoms with Crippen molar-refractivity contribution < 1.29 is 4.79 Å². The lowest BCUT2D eigenvalue weighted by atomic mass is 10.1. The largest absolute Gasteiger partial charge is 0.350 e. The molecular weight excluding hydrogens is 190 g/mol. The summed E-state index contributed by atoms with van der Waals surface area (Å²) < 4.78 is 0. The first kappa shape index (κ1) is 10.8. The Bertz CT molecular complexity index is 418. The second kappa shape index (κ2) is 5.45. The van der Waals surface area contributed by atoms with E-state index >= 15 is 0 Å². The summed E-state index contributed by atoms with van der Waals surface area (Å²) in [6.45, 7) is 0. The number of amides is 2. The lowest BCUT2D eigenvalue weighted by Crippen LogP contribution is -2.24. The molecule has 1 rings (SSSR count). The number of nitrogens with one attached hydrogen (secondary N) is 1. The molecule has 4 heteroatoms. The predicted molar refractivity (Wildman–Crippen MR) is 59.3 cm³/mol. The number of hydrogen-bond acceptors (Lipinski definition) is 2. The van der Waals surface area contributed by atoms with Crippen LogP contribution in [-0.2, 0) is 6.42 Å². The van der Waals surface area contributed by atoms with Gasteiger partial charge in [-0.05, 0) is 11.6 Å². The number of carbonyl (C=O) groups excluding carboxylic acids is 1. The van der Waals surface area contributed by atoms with Gasteiger partial charge >= 0.3 is 6.03 Å². The summed E-state index contributed by atoms with van der Waals surface area (Å²) in [5.74, 6) is 2.57. The Kier molecular flexibility index (Phi) is 3.92. The van der Waals surface area contributed by atoms with Gasteiger partial charge in [0.05, 0.1) is 0 Å². The molecule has 1 aromatic carbocycles. The SMILES string of the molecule is C#Cc1ccccc1C/C=N/NC(N)=O. The third-order valence-corrected chi connectivity index (χ3v) is 1.75. The average molecular weight is 201 g/mol. The number of nitrogens with two attached hydrogens (primary N) is 1. The number of carbonyl (C=O) groups is 1. The number of urea groups is 1. The van der Waals surface area contributed by atoms with E-state index in [1.54, 1.807) is 6.21 Å². The molecule has 76 valence electrons. The van der Waals surface area contributed by atoms with Crippen molar-refractivity contribution in [3.8, 4) is 12.3 Å². The second-order valence-electron chi connectivity index (χ2n) is 2.79. The van der Waals surface area contributed by atoms with Crippen LogP contribution in [0.15, 0.2) is 29.4 Å². The maximum atomic E-state index is 10.3. The molecule has 0 aliphatic rings. The first-order valence-corrected chi connectivity index (χ1v) is 4.35. The Labute approximate surface area is 88.2 Å². The maximum Gasteiger partial charge on any atom is 0.332 e.